The Hall–Kier alpha value is -5.26. The molecular weight excluding hydrogens is 577 g/mol. The Morgan fingerprint density at radius 2 is 0.950 bits per heavy atom. The molecule has 0 saturated heterocycles. The molecule has 213 valence electrons. The van der Waals surface area contributed by atoms with Gasteiger partial charge in [-0.3, -0.25) is 9.59 Å². The van der Waals surface area contributed by atoms with E-state index in [-0.39, 0.29) is 34.1 Å². The van der Waals surface area contributed by atoms with Gasteiger partial charge >= 0.3 is 16.8 Å². The topological polar surface area (TPSA) is 261 Å². The standard InChI is InChI=1S/C23H21N5O2.Co.2NO3.H2O/c1-16(25-27-22(29)18-10-5-3-6-11-18)20-14-9-15-21(24-20)17(2)26-28-23(30)19-12-7-4-8-13-19;;2*2-1(3)4;/h3-15H,1-2H3,(H,27,29)(H,28,30);;;;1H2/q;+2;2*-1;/p+1/b25-16+,26-17+;;;;. The summed E-state index contributed by atoms with van der Waals surface area (Å²) < 4.78 is 0. The number of benzene rings is 2. The zero-order chi connectivity index (χ0) is 28.5. The fraction of sp³-hybridized carbons (Fsp3) is 0.0870. The molecule has 2 aromatic carbocycles. The molecule has 3 rings (SSSR count). The fourth-order valence-electron chi connectivity index (χ4n) is 2.53. The van der Waals surface area contributed by atoms with Gasteiger partial charge in [-0.15, -0.1) is 0 Å². The van der Waals surface area contributed by atoms with Crippen LogP contribution in [0.25, 0.3) is 0 Å². The van der Waals surface area contributed by atoms with E-state index in [4.69, 9.17) is 30.6 Å². The second kappa shape index (κ2) is 19.8. The molecule has 1 heterocycles. The summed E-state index contributed by atoms with van der Waals surface area (Å²) in [5, 5.41) is 37.8. The average Bonchev–Trinajstić information content (AvgIpc) is 2.90. The molecule has 0 spiro atoms. The molecule has 5 N–H and O–H groups in total. The Bertz CT molecular complexity index is 1200. The average molecular weight is 601 g/mol. The minimum atomic E-state index is -1.75. The molecular formula is C23H24CoN7O9+. The van der Waals surface area contributed by atoms with E-state index < -0.39 is 10.2 Å². The van der Waals surface area contributed by atoms with Gasteiger partial charge in [0.05, 0.1) is 33.0 Å². The first-order valence-electron chi connectivity index (χ1n) is 10.4. The quantitative estimate of drug-likeness (QED) is 0.181. The van der Waals surface area contributed by atoms with Crippen molar-refractivity contribution < 1.29 is 42.0 Å². The molecule has 17 heteroatoms. The van der Waals surface area contributed by atoms with Crippen molar-refractivity contribution in [3.63, 3.8) is 0 Å². The van der Waals surface area contributed by atoms with E-state index in [9.17, 15) is 9.59 Å². The SMILES string of the molecule is C/C(=N\NC(=O)c1ccccc1)c1cccc(/C(C)=N/NC(=O)c2ccccc2)n1.O=[N+]([O-])[O-].O=[N+]([O-])[O-].[Co+2].[OH3+]. The van der Waals surface area contributed by atoms with Gasteiger partial charge in [-0.2, -0.15) is 10.2 Å². The molecule has 0 unspecified atom stereocenters. The van der Waals surface area contributed by atoms with Crippen molar-refractivity contribution in [1.82, 2.24) is 15.8 Å². The number of aromatic nitrogens is 1. The second-order valence-electron chi connectivity index (χ2n) is 6.86. The zero-order valence-corrected chi connectivity index (χ0v) is 22.0. The zero-order valence-electron chi connectivity index (χ0n) is 20.9. The summed E-state index contributed by atoms with van der Waals surface area (Å²) in [4.78, 5) is 45.3. The van der Waals surface area contributed by atoms with Gasteiger partial charge in [0, 0.05) is 11.1 Å². The molecule has 0 aliphatic heterocycles. The van der Waals surface area contributed by atoms with Crippen LogP contribution < -0.4 is 10.9 Å². The predicted octanol–water partition coefficient (Wildman–Crippen LogP) is 1.99. The molecule has 0 aliphatic carbocycles. The van der Waals surface area contributed by atoms with Crippen LogP contribution in [0.2, 0.25) is 0 Å². The van der Waals surface area contributed by atoms with Gasteiger partial charge in [-0.05, 0) is 50.2 Å². The maximum atomic E-state index is 12.1. The van der Waals surface area contributed by atoms with Crippen LogP contribution in [0.15, 0.2) is 89.1 Å². The Morgan fingerprint density at radius 3 is 1.25 bits per heavy atom. The number of rotatable bonds is 6. The van der Waals surface area contributed by atoms with E-state index in [0.29, 0.717) is 33.9 Å². The van der Waals surface area contributed by atoms with E-state index in [2.05, 4.69) is 26.0 Å². The second-order valence-corrected chi connectivity index (χ2v) is 6.86. The van der Waals surface area contributed by atoms with E-state index >= 15 is 0 Å². The maximum Gasteiger partial charge on any atom is 2.00 e. The van der Waals surface area contributed by atoms with Gasteiger partial charge in [0.25, 0.3) is 11.8 Å². The van der Waals surface area contributed by atoms with Crippen LogP contribution in [0, 0.1) is 30.6 Å². The monoisotopic (exact) mass is 601 g/mol. The smallest absolute Gasteiger partial charge is 0.457 e. The first kappa shape index (κ1) is 36.9. The minimum absolute atomic E-state index is 0. The molecule has 2 amide bonds. The number of hydrogen-bond donors (Lipinski definition) is 2. The van der Waals surface area contributed by atoms with Crippen LogP contribution in [0.3, 0.4) is 0 Å². The first-order chi connectivity index (χ1) is 18.0. The van der Waals surface area contributed by atoms with Gasteiger partial charge in [-0.25, -0.2) is 15.8 Å². The molecule has 1 aromatic heterocycles. The van der Waals surface area contributed by atoms with E-state index in [1.807, 2.05) is 18.2 Å². The van der Waals surface area contributed by atoms with Gasteiger partial charge < -0.3 is 36.1 Å². The minimum Gasteiger partial charge on any atom is -0.457 e. The van der Waals surface area contributed by atoms with Gasteiger partial charge in [0.15, 0.2) is 0 Å². The van der Waals surface area contributed by atoms with Crippen molar-refractivity contribution in [2.45, 2.75) is 13.8 Å². The third-order valence-corrected chi connectivity index (χ3v) is 4.21. The maximum absolute atomic E-state index is 12.1. The third-order valence-electron chi connectivity index (χ3n) is 4.21. The fourth-order valence-corrected chi connectivity index (χ4v) is 2.53. The van der Waals surface area contributed by atoms with Gasteiger partial charge in [-0.1, -0.05) is 42.5 Å². The Labute approximate surface area is 237 Å². The summed E-state index contributed by atoms with van der Waals surface area (Å²) in [7, 11) is 0. The van der Waals surface area contributed by atoms with E-state index in [0.717, 1.165) is 0 Å². The molecule has 0 aliphatic rings. The van der Waals surface area contributed by atoms with Crippen molar-refractivity contribution in [2.24, 2.45) is 10.2 Å². The summed E-state index contributed by atoms with van der Waals surface area (Å²) in [6, 6.07) is 23.1. The van der Waals surface area contributed by atoms with E-state index in [1.54, 1.807) is 74.5 Å². The summed E-state index contributed by atoms with van der Waals surface area (Å²) in [5.41, 5.74) is 8.36. The molecule has 3 aromatic rings. The normalized spacial score (nSPS) is 9.95. The number of carbonyl (C=O) groups is 2. The van der Waals surface area contributed by atoms with Crippen LogP contribution in [0.5, 0.6) is 0 Å². The first-order valence-corrected chi connectivity index (χ1v) is 10.4. The van der Waals surface area contributed by atoms with Crippen LogP contribution in [0.4, 0.5) is 0 Å². The van der Waals surface area contributed by atoms with Crippen molar-refractivity contribution in [3.05, 3.63) is 132 Å². The number of nitrogens with zero attached hydrogens (tertiary/aromatic N) is 5. The molecule has 16 nitrogen and oxygen atoms in total. The number of nitrogens with one attached hydrogen (secondary N) is 2. The Morgan fingerprint density at radius 1 is 0.650 bits per heavy atom. The number of pyridine rings is 1. The van der Waals surface area contributed by atoms with Crippen LogP contribution in [-0.2, 0) is 22.3 Å². The summed E-state index contributed by atoms with van der Waals surface area (Å²) in [6.45, 7) is 3.50. The van der Waals surface area contributed by atoms with Crippen molar-refractivity contribution >= 4 is 23.2 Å². The summed E-state index contributed by atoms with van der Waals surface area (Å²) in [6.07, 6.45) is 0. The summed E-state index contributed by atoms with van der Waals surface area (Å²) >= 11 is 0. The van der Waals surface area contributed by atoms with Crippen molar-refractivity contribution in [3.8, 4) is 0 Å². The molecule has 0 saturated carbocycles. The number of carbonyl (C=O) groups excluding carboxylic acids is 2. The van der Waals surface area contributed by atoms with Gasteiger partial charge in [0.1, 0.15) is 0 Å². The largest absolute Gasteiger partial charge is 2.00 e. The van der Waals surface area contributed by atoms with Crippen molar-refractivity contribution in [2.75, 3.05) is 0 Å². The van der Waals surface area contributed by atoms with Crippen molar-refractivity contribution in [1.29, 1.82) is 0 Å². The Balaban J connectivity index is 0. The van der Waals surface area contributed by atoms with Gasteiger partial charge in [0.2, 0.25) is 0 Å². The molecule has 1 radical (unpaired) electrons. The summed E-state index contributed by atoms with van der Waals surface area (Å²) in [5.74, 6) is -0.597. The molecule has 0 fully saturated rings. The third kappa shape index (κ3) is 15.1. The molecule has 0 atom stereocenters. The number of hydrogen-bond acceptors (Lipinski definition) is 11. The van der Waals surface area contributed by atoms with Crippen LogP contribution >= 0.6 is 0 Å². The predicted molar refractivity (Wildman–Crippen MR) is 142 cm³/mol. The number of amides is 2. The molecule has 40 heavy (non-hydrogen) atoms. The van der Waals surface area contributed by atoms with E-state index in [1.165, 1.54) is 0 Å². The van der Waals surface area contributed by atoms with Crippen LogP contribution in [-0.4, -0.2) is 38.4 Å². The molecule has 0 bridgehead atoms. The number of hydrazone groups is 2. The van der Waals surface area contributed by atoms with Crippen LogP contribution in [0.1, 0.15) is 46.0 Å². The Kier molecular flexibility index (Phi) is 18.3.